The molecule has 0 unspecified atom stereocenters. The Morgan fingerprint density at radius 2 is 1.66 bits per heavy atom. The van der Waals surface area contributed by atoms with Gasteiger partial charge in [-0.15, -0.1) is 6.58 Å². The Morgan fingerprint density at radius 3 is 2.22 bits per heavy atom. The van der Waals surface area contributed by atoms with Gasteiger partial charge >= 0.3 is 0 Å². The molecule has 1 aliphatic carbocycles. The number of rotatable bonds is 8. The Kier molecular flexibility index (Phi) is 8.48. The molecule has 0 bridgehead atoms. The number of nitrogens with one attached hydrogen (secondary N) is 2. The van der Waals surface area contributed by atoms with E-state index in [1.807, 2.05) is 13.8 Å². The molecule has 1 saturated heterocycles. The lowest BCUT2D eigenvalue weighted by molar-refractivity contribution is -0.123. The van der Waals surface area contributed by atoms with Crippen molar-refractivity contribution in [3.63, 3.8) is 0 Å². The average molecular weight is 441 g/mol. The van der Waals surface area contributed by atoms with E-state index in [0.29, 0.717) is 30.5 Å². The molecular weight excluding hydrogens is 404 g/mol. The molecule has 2 N–H and O–H groups in total. The first kappa shape index (κ1) is 24.0. The minimum absolute atomic E-state index is 0.00524. The normalized spacial score (nSPS) is 18.2. The van der Waals surface area contributed by atoms with Gasteiger partial charge in [0.2, 0.25) is 11.8 Å². The fraction of sp³-hybridized carbons (Fsp3) is 0.625. The van der Waals surface area contributed by atoms with Crippen LogP contribution in [0, 0.1) is 25.2 Å². The van der Waals surface area contributed by atoms with Gasteiger partial charge in [-0.3, -0.25) is 19.4 Å². The molecule has 0 spiro atoms. The van der Waals surface area contributed by atoms with Crippen LogP contribution in [0.1, 0.15) is 55.0 Å². The van der Waals surface area contributed by atoms with Gasteiger partial charge in [-0.05, 0) is 32.3 Å². The first-order chi connectivity index (χ1) is 15.4. The maximum Gasteiger partial charge on any atom is 0.239 e. The van der Waals surface area contributed by atoms with Gasteiger partial charge < -0.3 is 15.2 Å². The monoisotopic (exact) mass is 440 g/mol. The largest absolute Gasteiger partial charge is 0.352 e. The van der Waals surface area contributed by atoms with Crippen molar-refractivity contribution in [1.29, 1.82) is 5.26 Å². The standard InChI is InChI=1S/C24H36N6O2/c1-4-10-26-22(31)16-28-11-13-29(14-12-28)17-23(32)27-24-21(15-25)18(2)19(3)30(24)20-8-6-5-7-9-20/h4,20H,1,5-14,16-17H2,2-3H3,(H,26,31)(H,27,32). The van der Waals surface area contributed by atoms with Crippen LogP contribution in [0.4, 0.5) is 5.82 Å². The minimum Gasteiger partial charge on any atom is -0.352 e. The third-order valence-corrected chi connectivity index (χ3v) is 6.71. The van der Waals surface area contributed by atoms with Crippen LogP contribution in [0.25, 0.3) is 0 Å². The van der Waals surface area contributed by atoms with Crippen LogP contribution in [0.2, 0.25) is 0 Å². The highest BCUT2D eigenvalue weighted by atomic mass is 16.2. The summed E-state index contributed by atoms with van der Waals surface area (Å²) in [6, 6.07) is 2.65. The van der Waals surface area contributed by atoms with Crippen molar-refractivity contribution >= 4 is 17.6 Å². The Hall–Kier alpha value is -2.63. The number of nitriles is 1. The summed E-state index contributed by atoms with van der Waals surface area (Å²) in [6.07, 6.45) is 7.47. The number of piperazine rings is 1. The number of anilines is 1. The molecule has 1 aromatic heterocycles. The summed E-state index contributed by atoms with van der Waals surface area (Å²) in [6.45, 7) is 11.7. The molecular formula is C24H36N6O2. The molecule has 2 heterocycles. The summed E-state index contributed by atoms with van der Waals surface area (Å²) in [5, 5.41) is 15.6. The van der Waals surface area contributed by atoms with Crippen molar-refractivity contribution in [3.05, 3.63) is 29.5 Å². The van der Waals surface area contributed by atoms with E-state index in [2.05, 4.69) is 37.6 Å². The van der Waals surface area contributed by atoms with Gasteiger partial charge in [-0.2, -0.15) is 5.26 Å². The van der Waals surface area contributed by atoms with Crippen LogP contribution in [-0.2, 0) is 9.59 Å². The second-order valence-electron chi connectivity index (χ2n) is 8.90. The van der Waals surface area contributed by atoms with E-state index >= 15 is 0 Å². The second-order valence-corrected chi connectivity index (χ2v) is 8.90. The molecule has 8 nitrogen and oxygen atoms in total. The van der Waals surface area contributed by atoms with E-state index < -0.39 is 0 Å². The highest BCUT2D eigenvalue weighted by Gasteiger charge is 2.27. The Bertz CT molecular complexity index is 870. The maximum absolute atomic E-state index is 12.9. The molecule has 1 saturated carbocycles. The smallest absolute Gasteiger partial charge is 0.239 e. The van der Waals surface area contributed by atoms with Crippen molar-refractivity contribution in [2.24, 2.45) is 0 Å². The first-order valence-electron chi connectivity index (χ1n) is 11.7. The van der Waals surface area contributed by atoms with Gasteiger partial charge in [0.25, 0.3) is 0 Å². The van der Waals surface area contributed by atoms with Crippen LogP contribution in [0.15, 0.2) is 12.7 Å². The fourth-order valence-electron chi connectivity index (χ4n) is 4.81. The highest BCUT2D eigenvalue weighted by Crippen LogP contribution is 2.36. The topological polar surface area (TPSA) is 93.4 Å². The number of nitrogens with zero attached hydrogens (tertiary/aromatic N) is 4. The zero-order valence-electron chi connectivity index (χ0n) is 19.5. The number of hydrogen-bond donors (Lipinski definition) is 2. The van der Waals surface area contributed by atoms with Gasteiger partial charge in [-0.1, -0.05) is 25.3 Å². The van der Waals surface area contributed by atoms with Crippen molar-refractivity contribution in [2.75, 3.05) is 51.1 Å². The molecule has 1 aromatic rings. The quantitative estimate of drug-likeness (QED) is 0.605. The lowest BCUT2D eigenvalue weighted by atomic mass is 9.95. The average Bonchev–Trinajstić information content (AvgIpc) is 3.03. The zero-order valence-corrected chi connectivity index (χ0v) is 19.5. The van der Waals surface area contributed by atoms with Crippen molar-refractivity contribution in [1.82, 2.24) is 19.7 Å². The van der Waals surface area contributed by atoms with Crippen LogP contribution in [0.3, 0.4) is 0 Å². The third-order valence-electron chi connectivity index (χ3n) is 6.71. The Morgan fingerprint density at radius 1 is 1.06 bits per heavy atom. The number of hydrogen-bond acceptors (Lipinski definition) is 5. The number of carbonyl (C=O) groups excluding carboxylic acids is 2. The van der Waals surface area contributed by atoms with E-state index in [4.69, 9.17) is 0 Å². The molecule has 32 heavy (non-hydrogen) atoms. The van der Waals surface area contributed by atoms with E-state index in [0.717, 1.165) is 50.3 Å². The van der Waals surface area contributed by atoms with Crippen LogP contribution in [0.5, 0.6) is 0 Å². The van der Waals surface area contributed by atoms with Crippen molar-refractivity contribution in [3.8, 4) is 6.07 Å². The summed E-state index contributed by atoms with van der Waals surface area (Å²) in [5.41, 5.74) is 2.61. The molecule has 0 radical (unpaired) electrons. The number of amides is 2. The van der Waals surface area contributed by atoms with Gasteiger partial charge in [0.05, 0.1) is 18.7 Å². The van der Waals surface area contributed by atoms with Gasteiger partial charge in [0.15, 0.2) is 0 Å². The lowest BCUT2D eigenvalue weighted by Gasteiger charge is -2.34. The summed E-state index contributed by atoms with van der Waals surface area (Å²) in [5.74, 6) is 0.569. The van der Waals surface area contributed by atoms with Crippen molar-refractivity contribution in [2.45, 2.75) is 52.0 Å². The molecule has 174 valence electrons. The van der Waals surface area contributed by atoms with E-state index in [1.54, 1.807) is 6.08 Å². The van der Waals surface area contributed by atoms with Gasteiger partial charge in [0, 0.05) is 44.5 Å². The predicted molar refractivity (Wildman–Crippen MR) is 125 cm³/mol. The highest BCUT2D eigenvalue weighted by molar-refractivity contribution is 5.93. The van der Waals surface area contributed by atoms with Crippen LogP contribution < -0.4 is 10.6 Å². The molecule has 8 heteroatoms. The summed E-state index contributed by atoms with van der Waals surface area (Å²) in [4.78, 5) is 29.0. The number of aromatic nitrogens is 1. The van der Waals surface area contributed by atoms with Crippen molar-refractivity contribution < 1.29 is 9.59 Å². The molecule has 0 atom stereocenters. The summed E-state index contributed by atoms with van der Waals surface area (Å²) >= 11 is 0. The van der Waals surface area contributed by atoms with Crippen LogP contribution in [-0.4, -0.2) is 72.0 Å². The molecule has 2 amide bonds. The van der Waals surface area contributed by atoms with E-state index in [-0.39, 0.29) is 18.4 Å². The van der Waals surface area contributed by atoms with Gasteiger partial charge in [-0.25, -0.2) is 0 Å². The molecule has 0 aromatic carbocycles. The number of carbonyl (C=O) groups is 2. The third kappa shape index (κ3) is 5.78. The second kappa shape index (κ2) is 11.3. The first-order valence-corrected chi connectivity index (χ1v) is 11.7. The molecule has 2 aliphatic rings. The maximum atomic E-state index is 12.9. The van der Waals surface area contributed by atoms with Gasteiger partial charge in [0.1, 0.15) is 11.9 Å². The van der Waals surface area contributed by atoms with E-state index in [9.17, 15) is 14.9 Å². The van der Waals surface area contributed by atoms with Crippen LogP contribution >= 0.6 is 0 Å². The molecule has 1 aliphatic heterocycles. The Balaban J connectivity index is 1.59. The fourth-order valence-corrected chi connectivity index (χ4v) is 4.81. The SMILES string of the molecule is C=CCNC(=O)CN1CCN(CC(=O)Nc2c(C#N)c(C)c(C)n2C2CCCCC2)CC1. The predicted octanol–water partition coefficient (Wildman–Crippen LogP) is 2.34. The summed E-state index contributed by atoms with van der Waals surface area (Å²) < 4.78 is 2.20. The molecule has 2 fully saturated rings. The minimum atomic E-state index is -0.0896. The van der Waals surface area contributed by atoms with E-state index in [1.165, 1.54) is 19.3 Å². The summed E-state index contributed by atoms with van der Waals surface area (Å²) in [7, 11) is 0. The Labute approximate surface area is 191 Å². The zero-order chi connectivity index (χ0) is 23.1. The lowest BCUT2D eigenvalue weighted by Crippen LogP contribution is -2.51. The molecule has 3 rings (SSSR count).